The molecule has 2 atom stereocenters. The molecule has 0 bridgehead atoms. The third-order valence-corrected chi connectivity index (χ3v) is 5.64. The molecule has 0 radical (unpaired) electrons. The lowest BCUT2D eigenvalue weighted by Crippen LogP contribution is -2.28. The summed E-state index contributed by atoms with van der Waals surface area (Å²) in [7, 11) is -3.65. The van der Waals surface area contributed by atoms with Crippen molar-refractivity contribution in [3.8, 4) is 0 Å². The third kappa shape index (κ3) is 2.81. The maximum absolute atomic E-state index is 13.5. The summed E-state index contributed by atoms with van der Waals surface area (Å²) >= 11 is 0. The van der Waals surface area contributed by atoms with Gasteiger partial charge in [0.25, 0.3) is 0 Å². The molecule has 1 aliphatic rings. The number of anilines is 1. The molecule has 3 N–H and O–H groups in total. The Balaban J connectivity index is 2.29. The predicted octanol–water partition coefficient (Wildman–Crippen LogP) is 2.49. The fraction of sp³-hybridized carbons (Fsp3) is 0.571. The van der Waals surface area contributed by atoms with Crippen LogP contribution in [0, 0.1) is 25.6 Å². The van der Waals surface area contributed by atoms with E-state index in [1.165, 1.54) is 13.0 Å². The van der Waals surface area contributed by atoms with Crippen molar-refractivity contribution in [2.45, 2.75) is 51.0 Å². The van der Waals surface area contributed by atoms with Crippen molar-refractivity contribution in [3.05, 3.63) is 23.0 Å². The number of rotatable bonds is 5. The molecule has 112 valence electrons. The molecule has 0 heterocycles. The molecule has 1 aliphatic carbocycles. The number of aryl methyl sites for hydroxylation is 1. The first kappa shape index (κ1) is 15.3. The summed E-state index contributed by atoms with van der Waals surface area (Å²) in [6.07, 6.45) is 2.95. The van der Waals surface area contributed by atoms with E-state index >= 15 is 0 Å². The van der Waals surface area contributed by atoms with Gasteiger partial charge in [0.2, 0.25) is 10.0 Å². The van der Waals surface area contributed by atoms with Crippen molar-refractivity contribution in [2.75, 3.05) is 5.73 Å². The zero-order valence-corrected chi connectivity index (χ0v) is 12.8. The number of nitrogens with one attached hydrogen (secondary N) is 1. The summed E-state index contributed by atoms with van der Waals surface area (Å²) in [6.45, 7) is 5.20. The molecule has 1 aromatic carbocycles. The lowest BCUT2D eigenvalue weighted by Gasteiger charge is -2.14. The van der Waals surface area contributed by atoms with E-state index in [2.05, 4.69) is 11.6 Å². The van der Waals surface area contributed by atoms with E-state index in [0.717, 1.165) is 19.3 Å². The lowest BCUT2D eigenvalue weighted by atomic mass is 10.1. The van der Waals surface area contributed by atoms with Crippen LogP contribution >= 0.6 is 0 Å². The number of nitrogens with two attached hydrogens (primary N) is 1. The summed E-state index contributed by atoms with van der Waals surface area (Å²) in [5.74, 6) is -0.151. The first-order chi connectivity index (χ1) is 9.27. The number of sulfonamides is 1. The highest BCUT2D eigenvalue weighted by atomic mass is 32.2. The number of hydrogen-bond donors (Lipinski definition) is 2. The standard InChI is InChI=1S/C14H21FN2O2S/c1-4-5-10-7-12(10)17-20(18,19)14-8(2)6-11(15)13(16)9(14)3/h6,10,12,17H,4-5,7,16H2,1-3H3. The summed E-state index contributed by atoms with van der Waals surface area (Å²) < 4.78 is 41.1. The molecule has 1 aromatic rings. The van der Waals surface area contributed by atoms with Crippen molar-refractivity contribution in [2.24, 2.45) is 5.92 Å². The van der Waals surface area contributed by atoms with E-state index in [4.69, 9.17) is 5.73 Å². The monoisotopic (exact) mass is 300 g/mol. The van der Waals surface area contributed by atoms with Gasteiger partial charge in [0.05, 0.1) is 10.6 Å². The summed E-state index contributed by atoms with van der Waals surface area (Å²) in [5.41, 5.74) is 6.17. The summed E-state index contributed by atoms with van der Waals surface area (Å²) in [5, 5.41) is 0. The molecular formula is C14H21FN2O2S. The second-order valence-corrected chi connectivity index (χ2v) is 7.21. The molecule has 4 nitrogen and oxygen atoms in total. The van der Waals surface area contributed by atoms with Crippen LogP contribution in [0.25, 0.3) is 0 Å². The van der Waals surface area contributed by atoms with Crippen LogP contribution in [0.4, 0.5) is 10.1 Å². The molecule has 2 rings (SSSR count). The van der Waals surface area contributed by atoms with Gasteiger partial charge in [-0.25, -0.2) is 17.5 Å². The highest BCUT2D eigenvalue weighted by Crippen LogP contribution is 2.36. The van der Waals surface area contributed by atoms with E-state index in [-0.39, 0.29) is 22.2 Å². The van der Waals surface area contributed by atoms with Gasteiger partial charge in [0, 0.05) is 6.04 Å². The second kappa shape index (κ2) is 5.33. The predicted molar refractivity (Wildman–Crippen MR) is 77.4 cm³/mol. The fourth-order valence-corrected chi connectivity index (χ4v) is 4.48. The Morgan fingerprint density at radius 3 is 2.70 bits per heavy atom. The Morgan fingerprint density at radius 1 is 1.45 bits per heavy atom. The maximum Gasteiger partial charge on any atom is 0.241 e. The third-order valence-electron chi connectivity index (χ3n) is 3.86. The van der Waals surface area contributed by atoms with Crippen molar-refractivity contribution >= 4 is 15.7 Å². The fourth-order valence-electron chi connectivity index (χ4n) is 2.68. The Morgan fingerprint density at radius 2 is 2.10 bits per heavy atom. The maximum atomic E-state index is 13.5. The Kier molecular flexibility index (Phi) is 4.07. The molecular weight excluding hydrogens is 279 g/mol. The highest BCUT2D eigenvalue weighted by molar-refractivity contribution is 7.89. The van der Waals surface area contributed by atoms with Crippen molar-refractivity contribution in [1.29, 1.82) is 0 Å². The lowest BCUT2D eigenvalue weighted by molar-refractivity contribution is 0.571. The number of nitrogen functional groups attached to an aromatic ring is 1. The van der Waals surface area contributed by atoms with Crippen LogP contribution in [-0.2, 0) is 10.0 Å². The molecule has 20 heavy (non-hydrogen) atoms. The molecule has 1 fully saturated rings. The average molecular weight is 300 g/mol. The molecule has 1 saturated carbocycles. The van der Waals surface area contributed by atoms with Crippen LogP contribution in [0.3, 0.4) is 0 Å². The first-order valence-electron chi connectivity index (χ1n) is 6.85. The SMILES string of the molecule is CCCC1CC1NS(=O)(=O)c1c(C)cc(F)c(N)c1C. The minimum absolute atomic E-state index is 0.00466. The zero-order valence-electron chi connectivity index (χ0n) is 12.0. The van der Waals surface area contributed by atoms with Gasteiger partial charge in [-0.15, -0.1) is 0 Å². The molecule has 0 aliphatic heterocycles. The summed E-state index contributed by atoms with van der Waals surface area (Å²) in [4.78, 5) is 0.110. The van der Waals surface area contributed by atoms with Crippen LogP contribution in [0.2, 0.25) is 0 Å². The Labute approximate surface area is 119 Å². The van der Waals surface area contributed by atoms with Crippen LogP contribution < -0.4 is 10.5 Å². The van der Waals surface area contributed by atoms with Crippen LogP contribution in [-0.4, -0.2) is 14.5 Å². The van der Waals surface area contributed by atoms with Gasteiger partial charge >= 0.3 is 0 Å². The van der Waals surface area contributed by atoms with Gasteiger partial charge in [0.15, 0.2) is 0 Å². The van der Waals surface area contributed by atoms with Gasteiger partial charge in [-0.3, -0.25) is 0 Å². The van der Waals surface area contributed by atoms with Crippen LogP contribution in [0.1, 0.15) is 37.3 Å². The van der Waals surface area contributed by atoms with Gasteiger partial charge in [-0.05, 0) is 49.8 Å². The van der Waals surface area contributed by atoms with E-state index in [1.54, 1.807) is 6.92 Å². The first-order valence-corrected chi connectivity index (χ1v) is 8.33. The topological polar surface area (TPSA) is 72.2 Å². The van der Waals surface area contributed by atoms with E-state index in [0.29, 0.717) is 11.5 Å². The average Bonchev–Trinajstić information content (AvgIpc) is 3.03. The number of hydrogen-bond acceptors (Lipinski definition) is 3. The molecule has 0 spiro atoms. The molecule has 2 unspecified atom stereocenters. The van der Waals surface area contributed by atoms with Gasteiger partial charge < -0.3 is 5.73 Å². The quantitative estimate of drug-likeness (QED) is 0.821. The normalized spacial score (nSPS) is 22.0. The van der Waals surface area contributed by atoms with Gasteiger partial charge in [0.1, 0.15) is 5.82 Å². The largest absolute Gasteiger partial charge is 0.396 e. The Bertz CT molecular complexity index is 629. The van der Waals surface area contributed by atoms with E-state index in [1.807, 2.05) is 0 Å². The molecule has 0 amide bonds. The van der Waals surface area contributed by atoms with Crippen molar-refractivity contribution in [1.82, 2.24) is 4.72 Å². The van der Waals surface area contributed by atoms with Crippen molar-refractivity contribution in [3.63, 3.8) is 0 Å². The minimum atomic E-state index is -3.65. The summed E-state index contributed by atoms with van der Waals surface area (Å²) in [6, 6.07) is 1.18. The smallest absolute Gasteiger partial charge is 0.241 e. The van der Waals surface area contributed by atoms with Gasteiger partial charge in [-0.1, -0.05) is 13.3 Å². The Hall–Kier alpha value is -1.14. The zero-order chi connectivity index (χ0) is 15.1. The van der Waals surface area contributed by atoms with Crippen LogP contribution in [0.5, 0.6) is 0 Å². The molecule has 0 aromatic heterocycles. The van der Waals surface area contributed by atoms with E-state index < -0.39 is 15.8 Å². The van der Waals surface area contributed by atoms with Crippen molar-refractivity contribution < 1.29 is 12.8 Å². The minimum Gasteiger partial charge on any atom is -0.396 e. The van der Waals surface area contributed by atoms with E-state index in [9.17, 15) is 12.8 Å². The highest BCUT2D eigenvalue weighted by Gasteiger charge is 2.40. The number of benzene rings is 1. The second-order valence-electron chi connectivity index (χ2n) is 5.56. The van der Waals surface area contributed by atoms with Gasteiger partial charge in [-0.2, -0.15) is 0 Å². The number of halogens is 1. The molecule has 0 saturated heterocycles. The molecule has 6 heteroatoms. The van der Waals surface area contributed by atoms with Crippen LogP contribution in [0.15, 0.2) is 11.0 Å².